The minimum absolute atomic E-state index is 0.000694. The summed E-state index contributed by atoms with van der Waals surface area (Å²) in [5.74, 6) is 1.09. The van der Waals surface area contributed by atoms with Crippen molar-refractivity contribution in [3.63, 3.8) is 0 Å². The second-order valence-corrected chi connectivity index (χ2v) is 14.6. The molecule has 5 unspecified atom stereocenters. The molecule has 198 valence electrons. The number of rotatable bonds is 8. The summed E-state index contributed by atoms with van der Waals surface area (Å²) in [5.41, 5.74) is 0. The Morgan fingerprint density at radius 3 is 1.73 bits per heavy atom. The minimum Gasteiger partial charge on any atom is -0.497 e. The second-order valence-electron chi connectivity index (χ2n) is 10.3. The van der Waals surface area contributed by atoms with Gasteiger partial charge in [0.15, 0.2) is 0 Å². The number of ether oxygens (including phenoxy) is 3. The molecule has 8 heteroatoms. The summed E-state index contributed by atoms with van der Waals surface area (Å²) in [4.78, 5) is 0. The zero-order chi connectivity index (χ0) is 26.6. The number of hydrogen-bond donors (Lipinski definition) is 3. The fraction of sp³-hybridized carbons (Fsp3) is 0.379. The van der Waals surface area contributed by atoms with Gasteiger partial charge in [-0.2, -0.15) is 0 Å². The molecule has 3 aromatic carbocycles. The lowest BCUT2D eigenvalue weighted by Crippen LogP contribution is -2.68. The van der Waals surface area contributed by atoms with E-state index in [1.165, 1.54) is 0 Å². The maximum Gasteiger partial charge on any atom is 0.261 e. The first-order valence-corrected chi connectivity index (χ1v) is 14.3. The molecule has 1 heterocycles. The van der Waals surface area contributed by atoms with Crippen molar-refractivity contribution in [2.24, 2.45) is 0 Å². The molecule has 1 aliphatic heterocycles. The Morgan fingerprint density at radius 1 is 0.730 bits per heavy atom. The molecule has 1 saturated heterocycles. The van der Waals surface area contributed by atoms with Crippen molar-refractivity contribution < 1.29 is 34.0 Å². The molecule has 0 aliphatic carbocycles. The van der Waals surface area contributed by atoms with Crippen LogP contribution in [-0.2, 0) is 9.16 Å². The highest BCUT2D eigenvalue weighted by Crippen LogP contribution is 2.37. The third kappa shape index (κ3) is 5.60. The van der Waals surface area contributed by atoms with E-state index in [1.807, 2.05) is 36.4 Å². The van der Waals surface area contributed by atoms with E-state index in [4.69, 9.17) is 18.6 Å². The van der Waals surface area contributed by atoms with Crippen molar-refractivity contribution in [1.29, 1.82) is 0 Å². The van der Waals surface area contributed by atoms with Gasteiger partial charge >= 0.3 is 0 Å². The van der Waals surface area contributed by atoms with Crippen LogP contribution in [0.4, 0.5) is 0 Å². The van der Waals surface area contributed by atoms with E-state index in [-0.39, 0.29) is 11.6 Å². The Bertz CT molecular complexity index is 1080. The number of aliphatic hydroxyl groups is 3. The van der Waals surface area contributed by atoms with Crippen LogP contribution in [0.3, 0.4) is 0 Å². The highest BCUT2D eigenvalue weighted by atomic mass is 28.4. The van der Waals surface area contributed by atoms with Crippen LogP contribution in [0.2, 0.25) is 5.04 Å². The Hall–Kier alpha value is -2.72. The van der Waals surface area contributed by atoms with Crippen molar-refractivity contribution in [2.75, 3.05) is 13.7 Å². The molecule has 1 aliphatic rings. The summed E-state index contributed by atoms with van der Waals surface area (Å²) in [7, 11) is -1.33. The highest BCUT2D eigenvalue weighted by Gasteiger charge is 2.52. The van der Waals surface area contributed by atoms with E-state index in [0.29, 0.717) is 11.5 Å². The van der Waals surface area contributed by atoms with Gasteiger partial charge in [0.25, 0.3) is 8.32 Å². The molecule has 0 spiro atoms. The van der Waals surface area contributed by atoms with Gasteiger partial charge in [-0.05, 0) is 39.7 Å². The summed E-state index contributed by atoms with van der Waals surface area (Å²) in [5, 5.41) is 34.0. The van der Waals surface area contributed by atoms with E-state index in [1.54, 1.807) is 31.4 Å². The quantitative estimate of drug-likeness (QED) is 0.390. The van der Waals surface area contributed by atoms with Crippen LogP contribution in [0.25, 0.3) is 0 Å². The Balaban J connectivity index is 1.62. The van der Waals surface area contributed by atoms with Gasteiger partial charge in [0, 0.05) is 0 Å². The lowest BCUT2D eigenvalue weighted by Gasteiger charge is -2.45. The predicted octanol–water partition coefficient (Wildman–Crippen LogP) is 2.46. The lowest BCUT2D eigenvalue weighted by atomic mass is 9.99. The first-order chi connectivity index (χ1) is 17.7. The molecule has 0 aromatic heterocycles. The molecule has 7 nitrogen and oxygen atoms in total. The molecule has 37 heavy (non-hydrogen) atoms. The topological polar surface area (TPSA) is 97.6 Å². The van der Waals surface area contributed by atoms with Gasteiger partial charge in [0.1, 0.15) is 35.9 Å². The molecule has 0 radical (unpaired) electrons. The molecule has 3 aromatic rings. The summed E-state index contributed by atoms with van der Waals surface area (Å²) in [6.45, 7) is 6.48. The van der Waals surface area contributed by atoms with Crippen LogP contribution in [0, 0.1) is 0 Å². The van der Waals surface area contributed by atoms with E-state index in [0.717, 1.165) is 10.4 Å². The van der Waals surface area contributed by atoms with E-state index < -0.39 is 39.0 Å². The average Bonchev–Trinajstić information content (AvgIpc) is 2.91. The van der Waals surface area contributed by atoms with Crippen molar-refractivity contribution in [3.05, 3.63) is 84.9 Å². The van der Waals surface area contributed by atoms with Crippen molar-refractivity contribution in [3.8, 4) is 11.5 Å². The molecular formula is C29H36O7Si. The van der Waals surface area contributed by atoms with Gasteiger partial charge in [-0.25, -0.2) is 0 Å². The number of hydrogen-bond acceptors (Lipinski definition) is 7. The van der Waals surface area contributed by atoms with Gasteiger partial charge in [-0.1, -0.05) is 81.4 Å². The van der Waals surface area contributed by atoms with Gasteiger partial charge < -0.3 is 34.0 Å². The smallest absolute Gasteiger partial charge is 0.261 e. The number of benzene rings is 3. The maximum absolute atomic E-state index is 10.8. The fourth-order valence-corrected chi connectivity index (χ4v) is 9.48. The Kier molecular flexibility index (Phi) is 8.38. The summed E-state index contributed by atoms with van der Waals surface area (Å²) < 4.78 is 23.9. The Morgan fingerprint density at radius 2 is 1.24 bits per heavy atom. The number of methoxy groups -OCH3 is 1. The second kappa shape index (κ2) is 11.3. The average molecular weight is 525 g/mol. The first-order valence-electron chi connectivity index (χ1n) is 12.4. The van der Waals surface area contributed by atoms with Crippen LogP contribution >= 0.6 is 0 Å². The highest BCUT2D eigenvalue weighted by molar-refractivity contribution is 6.99. The summed E-state index contributed by atoms with van der Waals surface area (Å²) in [6, 6.07) is 27.1. The lowest BCUT2D eigenvalue weighted by molar-refractivity contribution is -0.276. The predicted molar refractivity (Wildman–Crippen MR) is 144 cm³/mol. The normalized spacial score (nSPS) is 24.5. The van der Waals surface area contributed by atoms with Crippen LogP contribution in [0.15, 0.2) is 84.9 Å². The third-order valence-electron chi connectivity index (χ3n) is 6.86. The molecule has 4 rings (SSSR count). The van der Waals surface area contributed by atoms with Gasteiger partial charge in [-0.15, -0.1) is 0 Å². The maximum atomic E-state index is 10.8. The van der Waals surface area contributed by atoms with Crippen molar-refractivity contribution in [1.82, 2.24) is 0 Å². The molecule has 1 fully saturated rings. The monoisotopic (exact) mass is 524 g/mol. The van der Waals surface area contributed by atoms with Crippen LogP contribution in [0.1, 0.15) is 20.8 Å². The summed E-state index contributed by atoms with van der Waals surface area (Å²) in [6.07, 6.45) is -6.39. The fourth-order valence-electron chi connectivity index (χ4n) is 4.91. The molecule has 0 amide bonds. The molecule has 0 saturated carbocycles. The van der Waals surface area contributed by atoms with E-state index >= 15 is 0 Å². The zero-order valence-electron chi connectivity index (χ0n) is 21.7. The number of aliphatic hydroxyl groups excluding tert-OH is 3. The van der Waals surface area contributed by atoms with Gasteiger partial charge in [-0.3, -0.25) is 0 Å². The van der Waals surface area contributed by atoms with Gasteiger partial charge in [0.2, 0.25) is 6.29 Å². The standard InChI is InChI=1S/C29H36O7Si/c1-29(2,3)37(22-11-7-5-8-12-22,23-13-9-6-10-14-23)34-19-24-25(30)26(31)27(32)28(36-24)35-21-17-15-20(33-4)16-18-21/h5-18,24-28,30-32H,19H2,1-4H3. The van der Waals surface area contributed by atoms with Crippen molar-refractivity contribution in [2.45, 2.75) is 56.5 Å². The summed E-state index contributed by atoms with van der Waals surface area (Å²) >= 11 is 0. The minimum atomic E-state index is -2.90. The molecule has 3 N–H and O–H groups in total. The Labute approximate surface area is 219 Å². The largest absolute Gasteiger partial charge is 0.497 e. The third-order valence-corrected chi connectivity index (χ3v) is 11.9. The van der Waals surface area contributed by atoms with Gasteiger partial charge in [0.05, 0.1) is 13.7 Å². The van der Waals surface area contributed by atoms with Crippen LogP contribution < -0.4 is 19.8 Å². The van der Waals surface area contributed by atoms with Crippen molar-refractivity contribution >= 4 is 18.7 Å². The van der Waals surface area contributed by atoms with Crippen LogP contribution in [-0.4, -0.2) is 68.1 Å². The first kappa shape index (κ1) is 27.3. The SMILES string of the molecule is COc1ccc(OC2OC(CO[Si](c3ccccc3)(c3ccccc3)C(C)(C)C)C(O)C(O)C2O)cc1. The molecule has 0 bridgehead atoms. The molecule has 5 atom stereocenters. The van der Waals surface area contributed by atoms with E-state index in [2.05, 4.69) is 45.0 Å². The van der Waals surface area contributed by atoms with E-state index in [9.17, 15) is 15.3 Å². The zero-order valence-corrected chi connectivity index (χ0v) is 22.7. The molecular weight excluding hydrogens is 488 g/mol. The van der Waals surface area contributed by atoms with Crippen LogP contribution in [0.5, 0.6) is 11.5 Å².